The normalized spacial score (nSPS) is 29.2. The van der Waals surface area contributed by atoms with E-state index in [-0.39, 0.29) is 18.4 Å². The quantitative estimate of drug-likeness (QED) is 0.870. The number of likely N-dealkylation sites (tertiary alicyclic amines) is 1. The van der Waals surface area contributed by atoms with Crippen LogP contribution in [0.2, 0.25) is 0 Å². The van der Waals surface area contributed by atoms with Gasteiger partial charge in [-0.3, -0.25) is 14.5 Å². The average molecular weight is 349 g/mol. The Balaban J connectivity index is 1.37. The Hall–Kier alpha value is -1.47. The van der Waals surface area contributed by atoms with Crippen LogP contribution in [0.1, 0.15) is 42.7 Å². The molecule has 3 aliphatic rings. The van der Waals surface area contributed by atoms with Crippen LogP contribution in [0.4, 0.5) is 5.13 Å². The molecule has 7 heteroatoms. The number of nitrogens with one attached hydrogen (secondary N) is 1. The first-order chi connectivity index (χ1) is 11.6. The number of amides is 1. The fraction of sp³-hybridized carbons (Fsp3) is 0.706. The minimum Gasteiger partial charge on any atom is -0.481 e. The van der Waals surface area contributed by atoms with Gasteiger partial charge in [0.1, 0.15) is 0 Å². The van der Waals surface area contributed by atoms with Crippen molar-refractivity contribution in [2.75, 3.05) is 25.0 Å². The van der Waals surface area contributed by atoms with Crippen molar-refractivity contribution >= 4 is 28.3 Å². The van der Waals surface area contributed by atoms with Gasteiger partial charge in [-0.25, -0.2) is 4.98 Å². The van der Waals surface area contributed by atoms with Gasteiger partial charge in [0.15, 0.2) is 5.13 Å². The Bertz CT molecular complexity index is 651. The van der Waals surface area contributed by atoms with Crippen LogP contribution in [-0.4, -0.2) is 46.5 Å². The Kier molecular flexibility index (Phi) is 4.08. The Morgan fingerprint density at radius 3 is 2.92 bits per heavy atom. The number of anilines is 1. The number of carbonyl (C=O) groups is 2. The van der Waals surface area contributed by atoms with E-state index in [4.69, 9.17) is 0 Å². The zero-order valence-corrected chi connectivity index (χ0v) is 14.5. The maximum atomic E-state index is 12.3. The maximum absolute atomic E-state index is 12.3. The molecule has 0 radical (unpaired) electrons. The summed E-state index contributed by atoms with van der Waals surface area (Å²) in [6, 6.07) is 0. The van der Waals surface area contributed by atoms with E-state index < -0.39 is 11.4 Å². The van der Waals surface area contributed by atoms with Gasteiger partial charge in [0.25, 0.3) is 0 Å². The van der Waals surface area contributed by atoms with Crippen molar-refractivity contribution in [2.24, 2.45) is 11.3 Å². The second kappa shape index (κ2) is 6.11. The highest BCUT2D eigenvalue weighted by molar-refractivity contribution is 7.15. The number of carboxylic acids is 1. The molecule has 2 aliphatic carbocycles. The number of carboxylic acid groups (broad SMARTS) is 1. The van der Waals surface area contributed by atoms with Crippen LogP contribution in [0.5, 0.6) is 0 Å². The van der Waals surface area contributed by atoms with Gasteiger partial charge in [-0.15, -0.1) is 11.3 Å². The van der Waals surface area contributed by atoms with E-state index in [0.717, 1.165) is 37.8 Å². The van der Waals surface area contributed by atoms with E-state index in [2.05, 4.69) is 10.3 Å². The summed E-state index contributed by atoms with van der Waals surface area (Å²) in [4.78, 5) is 31.9. The molecule has 2 fully saturated rings. The summed E-state index contributed by atoms with van der Waals surface area (Å²) in [5, 5.41) is 13.2. The highest BCUT2D eigenvalue weighted by Crippen LogP contribution is 2.48. The minimum atomic E-state index is -0.694. The van der Waals surface area contributed by atoms with Crippen LogP contribution in [0, 0.1) is 11.3 Å². The van der Waals surface area contributed by atoms with Crippen molar-refractivity contribution < 1.29 is 14.7 Å². The molecule has 24 heavy (non-hydrogen) atoms. The Morgan fingerprint density at radius 1 is 1.33 bits per heavy atom. The van der Waals surface area contributed by atoms with Crippen LogP contribution in [0.15, 0.2) is 0 Å². The smallest absolute Gasteiger partial charge is 0.311 e. The molecule has 6 nitrogen and oxygen atoms in total. The second-order valence-corrected chi connectivity index (χ2v) is 8.45. The molecule has 4 rings (SSSR count). The van der Waals surface area contributed by atoms with Crippen LogP contribution < -0.4 is 5.32 Å². The molecule has 1 aliphatic heterocycles. The Morgan fingerprint density at radius 2 is 2.17 bits per heavy atom. The monoisotopic (exact) mass is 349 g/mol. The second-order valence-electron chi connectivity index (χ2n) is 7.36. The first kappa shape index (κ1) is 16.0. The molecule has 0 spiro atoms. The van der Waals surface area contributed by atoms with Crippen molar-refractivity contribution in [3.63, 3.8) is 0 Å². The number of thiazole rings is 1. The summed E-state index contributed by atoms with van der Waals surface area (Å²) in [7, 11) is 0. The number of rotatable bonds is 4. The molecule has 130 valence electrons. The third-order valence-electron chi connectivity index (χ3n) is 5.83. The highest BCUT2D eigenvalue weighted by Gasteiger charge is 2.54. The predicted octanol–water partition coefficient (Wildman–Crippen LogP) is 2.15. The van der Waals surface area contributed by atoms with Gasteiger partial charge < -0.3 is 10.4 Å². The van der Waals surface area contributed by atoms with E-state index in [0.29, 0.717) is 18.2 Å². The van der Waals surface area contributed by atoms with Crippen molar-refractivity contribution in [1.29, 1.82) is 0 Å². The van der Waals surface area contributed by atoms with Gasteiger partial charge in [0.05, 0.1) is 17.7 Å². The summed E-state index contributed by atoms with van der Waals surface area (Å²) in [6.45, 7) is 1.47. The van der Waals surface area contributed by atoms with E-state index in [1.165, 1.54) is 17.7 Å². The fourth-order valence-corrected chi connectivity index (χ4v) is 5.70. The third kappa shape index (κ3) is 2.73. The van der Waals surface area contributed by atoms with Crippen molar-refractivity contribution in [3.05, 3.63) is 10.6 Å². The van der Waals surface area contributed by atoms with Crippen molar-refractivity contribution in [2.45, 2.75) is 44.9 Å². The summed E-state index contributed by atoms with van der Waals surface area (Å²) in [5.74, 6) is -0.586. The van der Waals surface area contributed by atoms with Gasteiger partial charge >= 0.3 is 5.97 Å². The highest BCUT2D eigenvalue weighted by atomic mass is 32.1. The number of aliphatic carboxylic acids is 1. The zero-order valence-electron chi connectivity index (χ0n) is 13.7. The maximum Gasteiger partial charge on any atom is 0.311 e. The molecule has 0 aromatic carbocycles. The topological polar surface area (TPSA) is 82.5 Å². The number of nitrogens with zero attached hydrogens (tertiary/aromatic N) is 2. The molecule has 1 amide bonds. The summed E-state index contributed by atoms with van der Waals surface area (Å²) >= 11 is 1.59. The molecule has 2 atom stereocenters. The molecule has 1 aromatic rings. The molecule has 1 saturated carbocycles. The Labute approximate surface area is 145 Å². The van der Waals surface area contributed by atoms with E-state index in [1.807, 2.05) is 4.90 Å². The molecule has 0 bridgehead atoms. The number of aryl methyl sites for hydroxylation is 2. The van der Waals surface area contributed by atoms with Crippen LogP contribution in [0.3, 0.4) is 0 Å². The predicted molar refractivity (Wildman–Crippen MR) is 91.2 cm³/mol. The molecular formula is C17H23N3O3S. The van der Waals surface area contributed by atoms with Crippen LogP contribution in [-0.2, 0) is 22.4 Å². The number of carbonyl (C=O) groups excluding carboxylic acids is 1. The molecular weight excluding hydrogens is 326 g/mol. The SMILES string of the molecule is O=C(CN1C[C@@H]2CCC[C@@]2(C(=O)O)C1)Nc1nc2c(s1)CCCC2. The molecule has 2 N–H and O–H groups in total. The molecule has 1 saturated heterocycles. The largest absolute Gasteiger partial charge is 0.481 e. The first-order valence-electron chi connectivity index (χ1n) is 8.81. The number of hydrogen-bond acceptors (Lipinski definition) is 5. The van der Waals surface area contributed by atoms with Crippen LogP contribution in [0.25, 0.3) is 0 Å². The number of fused-ring (bicyclic) bond motifs is 2. The number of hydrogen-bond donors (Lipinski definition) is 2. The average Bonchev–Trinajstić information content (AvgIpc) is 3.18. The van der Waals surface area contributed by atoms with Gasteiger partial charge in [-0.1, -0.05) is 6.42 Å². The lowest BCUT2D eigenvalue weighted by Gasteiger charge is -2.23. The number of aromatic nitrogens is 1. The third-order valence-corrected chi connectivity index (χ3v) is 6.90. The molecule has 0 unspecified atom stereocenters. The van der Waals surface area contributed by atoms with E-state index in [1.54, 1.807) is 11.3 Å². The van der Waals surface area contributed by atoms with Gasteiger partial charge in [-0.2, -0.15) is 0 Å². The molecule has 1 aromatic heterocycles. The summed E-state index contributed by atoms with van der Waals surface area (Å²) in [6.07, 6.45) is 7.15. The molecule has 2 heterocycles. The lowest BCUT2D eigenvalue weighted by Crippen LogP contribution is -2.37. The fourth-order valence-electron chi connectivity index (χ4n) is 4.63. The minimum absolute atomic E-state index is 0.0818. The first-order valence-corrected chi connectivity index (χ1v) is 9.63. The lowest BCUT2D eigenvalue weighted by atomic mass is 9.81. The van der Waals surface area contributed by atoms with Gasteiger partial charge in [0.2, 0.25) is 5.91 Å². The van der Waals surface area contributed by atoms with Crippen molar-refractivity contribution in [1.82, 2.24) is 9.88 Å². The summed E-state index contributed by atoms with van der Waals surface area (Å²) in [5.41, 5.74) is 0.516. The van der Waals surface area contributed by atoms with Gasteiger partial charge in [-0.05, 0) is 44.4 Å². The lowest BCUT2D eigenvalue weighted by molar-refractivity contribution is -0.149. The standard InChI is InChI=1S/C17H23N3O3S/c21-14(19-16-18-12-5-1-2-6-13(12)24-16)9-20-8-11-4-3-7-17(11,10-20)15(22)23/h11H,1-10H2,(H,22,23)(H,18,19,21)/t11-,17+/m0/s1. The van der Waals surface area contributed by atoms with Gasteiger partial charge in [0, 0.05) is 18.0 Å². The zero-order chi connectivity index (χ0) is 16.7. The van der Waals surface area contributed by atoms with Crippen molar-refractivity contribution in [3.8, 4) is 0 Å². The van der Waals surface area contributed by atoms with E-state index >= 15 is 0 Å². The van der Waals surface area contributed by atoms with Crippen LogP contribution >= 0.6 is 11.3 Å². The summed E-state index contributed by atoms with van der Waals surface area (Å²) < 4.78 is 0. The van der Waals surface area contributed by atoms with E-state index in [9.17, 15) is 14.7 Å².